The molecule has 2 nitrogen and oxygen atoms in total. The van der Waals surface area contributed by atoms with Gasteiger partial charge >= 0.3 is 0 Å². The van der Waals surface area contributed by atoms with E-state index in [4.69, 9.17) is 5.73 Å². The van der Waals surface area contributed by atoms with Gasteiger partial charge in [-0.25, -0.2) is 0 Å². The Morgan fingerprint density at radius 1 is 1.15 bits per heavy atom. The van der Waals surface area contributed by atoms with Crippen molar-refractivity contribution in [1.29, 1.82) is 0 Å². The standard InChI is InChI=1S/C11H18N2/c1-8-5-9(12)7-10(6-8)13-11(2,3)4/h5-7,13H,12H2,1-4H3. The first kappa shape index (κ1) is 9.90. The molecule has 0 spiro atoms. The molecule has 72 valence electrons. The van der Waals surface area contributed by atoms with E-state index in [0.29, 0.717) is 0 Å². The molecule has 0 saturated carbocycles. The number of nitrogens with one attached hydrogen (secondary N) is 1. The molecule has 13 heavy (non-hydrogen) atoms. The Kier molecular flexibility index (Phi) is 2.50. The van der Waals surface area contributed by atoms with Gasteiger partial charge in [0.15, 0.2) is 0 Å². The van der Waals surface area contributed by atoms with Crippen LogP contribution in [0.2, 0.25) is 0 Å². The number of hydrogen-bond donors (Lipinski definition) is 2. The van der Waals surface area contributed by atoms with Gasteiger partial charge in [0.05, 0.1) is 0 Å². The van der Waals surface area contributed by atoms with Crippen molar-refractivity contribution < 1.29 is 0 Å². The van der Waals surface area contributed by atoms with Crippen LogP contribution in [-0.2, 0) is 0 Å². The van der Waals surface area contributed by atoms with Gasteiger partial charge in [-0.2, -0.15) is 0 Å². The maximum Gasteiger partial charge on any atom is 0.0367 e. The van der Waals surface area contributed by atoms with Crippen LogP contribution in [0.4, 0.5) is 11.4 Å². The van der Waals surface area contributed by atoms with E-state index in [0.717, 1.165) is 11.4 Å². The monoisotopic (exact) mass is 178 g/mol. The fraction of sp³-hybridized carbons (Fsp3) is 0.455. The number of hydrogen-bond acceptors (Lipinski definition) is 2. The fourth-order valence-electron chi connectivity index (χ4n) is 1.32. The summed E-state index contributed by atoms with van der Waals surface area (Å²) >= 11 is 0. The molecule has 0 unspecified atom stereocenters. The van der Waals surface area contributed by atoms with Gasteiger partial charge in [-0.3, -0.25) is 0 Å². The van der Waals surface area contributed by atoms with E-state index in [9.17, 15) is 0 Å². The Bertz CT molecular complexity index is 277. The normalized spacial score (nSPS) is 11.4. The zero-order valence-electron chi connectivity index (χ0n) is 8.81. The van der Waals surface area contributed by atoms with Crippen LogP contribution < -0.4 is 11.1 Å². The van der Waals surface area contributed by atoms with Crippen molar-refractivity contribution in [2.24, 2.45) is 0 Å². The van der Waals surface area contributed by atoms with Crippen molar-refractivity contribution in [2.75, 3.05) is 11.1 Å². The maximum atomic E-state index is 5.74. The molecular formula is C11H18N2. The molecule has 3 N–H and O–H groups in total. The van der Waals surface area contributed by atoms with Gasteiger partial charge in [0.1, 0.15) is 0 Å². The second kappa shape index (κ2) is 3.29. The summed E-state index contributed by atoms with van der Waals surface area (Å²) in [7, 11) is 0. The van der Waals surface area contributed by atoms with Crippen molar-refractivity contribution in [1.82, 2.24) is 0 Å². The molecule has 1 rings (SSSR count). The van der Waals surface area contributed by atoms with Gasteiger partial charge in [0.25, 0.3) is 0 Å². The Morgan fingerprint density at radius 3 is 2.23 bits per heavy atom. The average Bonchev–Trinajstić information content (AvgIpc) is 1.78. The SMILES string of the molecule is Cc1cc(N)cc(NC(C)(C)C)c1. The van der Waals surface area contributed by atoms with Crippen LogP contribution in [0.1, 0.15) is 26.3 Å². The van der Waals surface area contributed by atoms with Crippen molar-refractivity contribution in [3.63, 3.8) is 0 Å². The Morgan fingerprint density at radius 2 is 1.77 bits per heavy atom. The lowest BCUT2D eigenvalue weighted by atomic mass is 10.1. The third kappa shape index (κ3) is 3.36. The third-order valence-electron chi connectivity index (χ3n) is 1.62. The minimum atomic E-state index is 0.0836. The summed E-state index contributed by atoms with van der Waals surface area (Å²) < 4.78 is 0. The lowest BCUT2D eigenvalue weighted by Crippen LogP contribution is -2.26. The van der Waals surface area contributed by atoms with Crippen LogP contribution in [0.5, 0.6) is 0 Å². The van der Waals surface area contributed by atoms with Crippen molar-refractivity contribution in [3.05, 3.63) is 23.8 Å². The topological polar surface area (TPSA) is 38.0 Å². The van der Waals surface area contributed by atoms with Crippen LogP contribution in [0.15, 0.2) is 18.2 Å². The molecule has 0 heterocycles. The number of nitrogen functional groups attached to an aromatic ring is 1. The van der Waals surface area contributed by atoms with Gasteiger partial charge in [-0.15, -0.1) is 0 Å². The highest BCUT2D eigenvalue weighted by molar-refractivity contribution is 5.57. The second-order valence-electron chi connectivity index (χ2n) is 4.51. The first-order valence-corrected chi connectivity index (χ1v) is 4.52. The Hall–Kier alpha value is -1.18. The predicted molar refractivity (Wildman–Crippen MR) is 59.0 cm³/mol. The van der Waals surface area contributed by atoms with E-state index in [1.165, 1.54) is 5.56 Å². The number of aryl methyl sites for hydroxylation is 1. The van der Waals surface area contributed by atoms with Crippen LogP contribution >= 0.6 is 0 Å². The van der Waals surface area contributed by atoms with E-state index >= 15 is 0 Å². The van der Waals surface area contributed by atoms with Gasteiger partial charge in [0.2, 0.25) is 0 Å². The molecule has 0 atom stereocenters. The number of rotatable bonds is 1. The third-order valence-corrected chi connectivity index (χ3v) is 1.62. The molecule has 0 aromatic heterocycles. The fourth-order valence-corrected chi connectivity index (χ4v) is 1.32. The highest BCUT2D eigenvalue weighted by Crippen LogP contribution is 2.19. The first-order chi connectivity index (χ1) is 5.87. The summed E-state index contributed by atoms with van der Waals surface area (Å²) in [6.07, 6.45) is 0. The summed E-state index contributed by atoms with van der Waals surface area (Å²) in [5.74, 6) is 0. The lowest BCUT2D eigenvalue weighted by molar-refractivity contribution is 0.634. The van der Waals surface area contributed by atoms with E-state index in [2.05, 4.69) is 32.2 Å². The van der Waals surface area contributed by atoms with E-state index in [1.807, 2.05) is 19.1 Å². The Balaban J connectivity index is 2.90. The zero-order chi connectivity index (χ0) is 10.1. The molecule has 0 aliphatic carbocycles. The molecule has 0 aliphatic heterocycles. The van der Waals surface area contributed by atoms with Gasteiger partial charge < -0.3 is 11.1 Å². The molecule has 0 bridgehead atoms. The van der Waals surface area contributed by atoms with Gasteiger partial charge in [0, 0.05) is 16.9 Å². The molecule has 2 heteroatoms. The van der Waals surface area contributed by atoms with Gasteiger partial charge in [-0.05, 0) is 51.5 Å². The van der Waals surface area contributed by atoms with E-state index in [-0.39, 0.29) is 5.54 Å². The summed E-state index contributed by atoms with van der Waals surface area (Å²) in [6, 6.07) is 6.02. The summed E-state index contributed by atoms with van der Waals surface area (Å²) in [4.78, 5) is 0. The molecular weight excluding hydrogens is 160 g/mol. The summed E-state index contributed by atoms with van der Waals surface area (Å²) in [5.41, 5.74) is 8.91. The van der Waals surface area contributed by atoms with Crippen molar-refractivity contribution >= 4 is 11.4 Å². The Labute approximate surface area is 80.1 Å². The largest absolute Gasteiger partial charge is 0.399 e. The quantitative estimate of drug-likeness (QED) is 0.649. The molecule has 0 fully saturated rings. The molecule has 0 radical (unpaired) electrons. The number of anilines is 2. The number of nitrogens with two attached hydrogens (primary N) is 1. The van der Waals surface area contributed by atoms with Gasteiger partial charge in [-0.1, -0.05) is 0 Å². The second-order valence-corrected chi connectivity index (χ2v) is 4.51. The summed E-state index contributed by atoms with van der Waals surface area (Å²) in [6.45, 7) is 8.44. The van der Waals surface area contributed by atoms with Crippen LogP contribution in [0.25, 0.3) is 0 Å². The van der Waals surface area contributed by atoms with Crippen LogP contribution in [0, 0.1) is 6.92 Å². The van der Waals surface area contributed by atoms with Crippen LogP contribution in [0.3, 0.4) is 0 Å². The highest BCUT2D eigenvalue weighted by atomic mass is 14.9. The van der Waals surface area contributed by atoms with E-state index < -0.39 is 0 Å². The molecule has 1 aromatic carbocycles. The lowest BCUT2D eigenvalue weighted by Gasteiger charge is -2.22. The minimum absolute atomic E-state index is 0.0836. The molecule has 0 aliphatic rings. The number of benzene rings is 1. The molecule has 1 aromatic rings. The van der Waals surface area contributed by atoms with Crippen molar-refractivity contribution in [2.45, 2.75) is 33.2 Å². The summed E-state index contributed by atoms with van der Waals surface area (Å²) in [5, 5.41) is 3.38. The maximum absolute atomic E-state index is 5.74. The van der Waals surface area contributed by atoms with Crippen LogP contribution in [-0.4, -0.2) is 5.54 Å². The molecule has 0 amide bonds. The zero-order valence-corrected chi connectivity index (χ0v) is 8.81. The average molecular weight is 178 g/mol. The molecule has 0 saturated heterocycles. The van der Waals surface area contributed by atoms with Crippen molar-refractivity contribution in [3.8, 4) is 0 Å². The smallest absolute Gasteiger partial charge is 0.0367 e. The minimum Gasteiger partial charge on any atom is -0.399 e. The first-order valence-electron chi connectivity index (χ1n) is 4.52. The van der Waals surface area contributed by atoms with E-state index in [1.54, 1.807) is 0 Å². The predicted octanol–water partition coefficient (Wildman–Crippen LogP) is 2.79. The highest BCUT2D eigenvalue weighted by Gasteiger charge is 2.09.